The molecule has 0 aromatic rings. The van der Waals surface area contributed by atoms with Gasteiger partial charge in [0.25, 0.3) is 0 Å². The monoisotopic (exact) mass is 396 g/mol. The molecule has 0 aliphatic heterocycles. The number of carboxylic acid groups (broad SMARTS) is 2. The summed E-state index contributed by atoms with van der Waals surface area (Å²) < 4.78 is 0. The van der Waals surface area contributed by atoms with Crippen LogP contribution in [-0.2, 0) is 9.59 Å². The van der Waals surface area contributed by atoms with Crippen LogP contribution in [-0.4, -0.2) is 22.2 Å². The molecule has 0 radical (unpaired) electrons. The van der Waals surface area contributed by atoms with Crippen molar-refractivity contribution in [1.82, 2.24) is 0 Å². The highest BCUT2D eigenvalue weighted by Gasteiger charge is 2.19. The maximum atomic E-state index is 11.0. The Labute approximate surface area is 172 Å². The summed E-state index contributed by atoms with van der Waals surface area (Å²) in [4.78, 5) is 21.6. The topological polar surface area (TPSA) is 74.6 Å². The zero-order valence-electron chi connectivity index (χ0n) is 18.2. The molecular weight excluding hydrogens is 352 g/mol. The van der Waals surface area contributed by atoms with Crippen LogP contribution < -0.4 is 0 Å². The minimum atomic E-state index is -1.04. The van der Waals surface area contributed by atoms with E-state index >= 15 is 0 Å². The molecule has 0 rings (SSSR count). The van der Waals surface area contributed by atoms with Crippen molar-refractivity contribution in [3.63, 3.8) is 0 Å². The smallest absolute Gasteiger partial charge is 0.307 e. The normalized spacial score (nSPS) is 12.5. The van der Waals surface area contributed by atoms with Gasteiger partial charge in [-0.3, -0.25) is 9.59 Å². The fourth-order valence-electron chi connectivity index (χ4n) is 3.52. The van der Waals surface area contributed by atoms with Crippen LogP contribution in [0.15, 0.2) is 12.2 Å². The largest absolute Gasteiger partial charge is 0.481 e. The molecule has 0 aromatic heterocycles. The van der Waals surface area contributed by atoms with Crippen LogP contribution in [0.2, 0.25) is 0 Å². The first-order chi connectivity index (χ1) is 13.6. The van der Waals surface area contributed by atoms with Gasteiger partial charge in [-0.25, -0.2) is 0 Å². The molecule has 0 aliphatic rings. The van der Waals surface area contributed by atoms with Crippen LogP contribution in [0.3, 0.4) is 0 Å². The van der Waals surface area contributed by atoms with E-state index in [-0.39, 0.29) is 6.42 Å². The van der Waals surface area contributed by atoms with Crippen molar-refractivity contribution in [3.8, 4) is 0 Å². The Kier molecular flexibility index (Phi) is 19.5. The molecule has 0 spiro atoms. The Balaban J connectivity index is 3.33. The van der Waals surface area contributed by atoms with Gasteiger partial charge in [-0.2, -0.15) is 0 Å². The van der Waals surface area contributed by atoms with E-state index in [1.54, 1.807) is 0 Å². The lowest BCUT2D eigenvalue weighted by atomic mass is 9.98. The third-order valence-corrected chi connectivity index (χ3v) is 5.33. The van der Waals surface area contributed by atoms with Gasteiger partial charge in [0.15, 0.2) is 0 Å². The number of hydrogen-bond acceptors (Lipinski definition) is 2. The van der Waals surface area contributed by atoms with Crippen molar-refractivity contribution in [2.75, 3.05) is 0 Å². The van der Waals surface area contributed by atoms with E-state index in [0.29, 0.717) is 6.42 Å². The summed E-state index contributed by atoms with van der Waals surface area (Å²) >= 11 is 0. The van der Waals surface area contributed by atoms with E-state index in [2.05, 4.69) is 19.1 Å². The van der Waals surface area contributed by atoms with E-state index in [1.807, 2.05) is 0 Å². The molecule has 0 aliphatic carbocycles. The van der Waals surface area contributed by atoms with E-state index < -0.39 is 17.9 Å². The van der Waals surface area contributed by atoms with Gasteiger partial charge in [0.1, 0.15) is 0 Å². The molecule has 0 heterocycles. The highest BCUT2D eigenvalue weighted by Crippen LogP contribution is 2.15. The maximum absolute atomic E-state index is 11.0. The van der Waals surface area contributed by atoms with Crippen LogP contribution in [0, 0.1) is 5.92 Å². The summed E-state index contributed by atoms with van der Waals surface area (Å²) in [6.07, 6.45) is 24.9. The number of allylic oxidation sites excluding steroid dienone is 2. The Bertz CT molecular complexity index is 403. The standard InChI is InChI=1S/C24H44O4/c1-2-3-4-5-6-7-8-9-10-11-12-13-14-15-16-17-18-19-20-22(24(27)28)21-23(25)26/h16-17,22H,2-15,18-21H2,1H3,(H,25,26)(H,27,28)/b17-16+. The quantitative estimate of drug-likeness (QED) is 0.157. The first-order valence-corrected chi connectivity index (χ1v) is 11.7. The second-order valence-electron chi connectivity index (χ2n) is 8.07. The molecule has 0 amide bonds. The van der Waals surface area contributed by atoms with Gasteiger partial charge >= 0.3 is 11.9 Å². The van der Waals surface area contributed by atoms with Gasteiger partial charge in [-0.1, -0.05) is 96.1 Å². The number of carbonyl (C=O) groups is 2. The lowest BCUT2D eigenvalue weighted by Gasteiger charge is -2.08. The zero-order valence-corrected chi connectivity index (χ0v) is 18.2. The van der Waals surface area contributed by atoms with E-state index in [4.69, 9.17) is 10.2 Å². The van der Waals surface area contributed by atoms with E-state index in [9.17, 15) is 9.59 Å². The fraction of sp³-hybridized carbons (Fsp3) is 0.833. The summed E-state index contributed by atoms with van der Waals surface area (Å²) in [5.41, 5.74) is 0. The number of unbranched alkanes of at least 4 members (excludes halogenated alkanes) is 14. The van der Waals surface area contributed by atoms with Crippen molar-refractivity contribution in [2.24, 2.45) is 5.92 Å². The van der Waals surface area contributed by atoms with Gasteiger partial charge in [-0.15, -0.1) is 0 Å². The molecule has 0 saturated carbocycles. The van der Waals surface area contributed by atoms with Crippen molar-refractivity contribution in [3.05, 3.63) is 12.2 Å². The predicted octanol–water partition coefficient (Wildman–Crippen LogP) is 7.37. The van der Waals surface area contributed by atoms with Crippen LogP contribution in [0.1, 0.15) is 122 Å². The van der Waals surface area contributed by atoms with Gasteiger partial charge in [-0.05, 0) is 32.1 Å². The summed E-state index contributed by atoms with van der Waals surface area (Å²) in [5.74, 6) is -2.80. The number of aliphatic carboxylic acids is 2. The molecule has 4 heteroatoms. The Morgan fingerprint density at radius 2 is 1.11 bits per heavy atom. The number of hydrogen-bond donors (Lipinski definition) is 2. The van der Waals surface area contributed by atoms with Crippen LogP contribution in [0.4, 0.5) is 0 Å². The Hall–Kier alpha value is -1.32. The van der Waals surface area contributed by atoms with Crippen molar-refractivity contribution in [1.29, 1.82) is 0 Å². The SMILES string of the molecule is CCCCCCCCCCCCCCC/C=C/CCCC(CC(=O)O)C(=O)O. The van der Waals surface area contributed by atoms with Gasteiger partial charge in [0.2, 0.25) is 0 Å². The molecule has 164 valence electrons. The van der Waals surface area contributed by atoms with Crippen LogP contribution in [0.25, 0.3) is 0 Å². The molecule has 0 aromatic carbocycles. The average Bonchev–Trinajstić information content (AvgIpc) is 2.65. The molecule has 0 saturated heterocycles. The van der Waals surface area contributed by atoms with Gasteiger partial charge in [0, 0.05) is 0 Å². The Morgan fingerprint density at radius 3 is 1.54 bits per heavy atom. The third-order valence-electron chi connectivity index (χ3n) is 5.33. The first-order valence-electron chi connectivity index (χ1n) is 11.7. The zero-order chi connectivity index (χ0) is 20.9. The highest BCUT2D eigenvalue weighted by atomic mass is 16.4. The van der Waals surface area contributed by atoms with Crippen LogP contribution >= 0.6 is 0 Å². The van der Waals surface area contributed by atoms with Gasteiger partial charge in [0.05, 0.1) is 12.3 Å². The van der Waals surface area contributed by atoms with Crippen molar-refractivity contribution < 1.29 is 19.8 Å². The molecule has 0 bridgehead atoms. The lowest BCUT2D eigenvalue weighted by Crippen LogP contribution is -2.17. The average molecular weight is 397 g/mol. The molecule has 0 fully saturated rings. The second kappa shape index (κ2) is 20.4. The maximum Gasteiger partial charge on any atom is 0.307 e. The lowest BCUT2D eigenvalue weighted by molar-refractivity contribution is -0.148. The summed E-state index contributed by atoms with van der Waals surface area (Å²) in [6, 6.07) is 0. The molecule has 2 N–H and O–H groups in total. The molecule has 28 heavy (non-hydrogen) atoms. The number of rotatable bonds is 21. The summed E-state index contributed by atoms with van der Waals surface area (Å²) in [7, 11) is 0. The van der Waals surface area contributed by atoms with Crippen molar-refractivity contribution >= 4 is 11.9 Å². The van der Waals surface area contributed by atoms with E-state index in [1.165, 1.54) is 83.5 Å². The van der Waals surface area contributed by atoms with Crippen LogP contribution in [0.5, 0.6) is 0 Å². The third kappa shape index (κ3) is 19.4. The molecule has 1 unspecified atom stereocenters. The minimum Gasteiger partial charge on any atom is -0.481 e. The highest BCUT2D eigenvalue weighted by molar-refractivity contribution is 5.77. The van der Waals surface area contributed by atoms with Crippen molar-refractivity contribution in [2.45, 2.75) is 122 Å². The predicted molar refractivity (Wildman–Crippen MR) is 117 cm³/mol. The van der Waals surface area contributed by atoms with E-state index in [0.717, 1.165) is 19.3 Å². The number of carboxylic acids is 2. The fourth-order valence-corrected chi connectivity index (χ4v) is 3.52. The Morgan fingerprint density at radius 1 is 0.679 bits per heavy atom. The molecule has 1 atom stereocenters. The summed E-state index contributed by atoms with van der Waals surface area (Å²) in [5, 5.41) is 17.7. The second-order valence-corrected chi connectivity index (χ2v) is 8.07. The first kappa shape index (κ1) is 26.7. The minimum absolute atomic E-state index is 0.280. The van der Waals surface area contributed by atoms with Gasteiger partial charge < -0.3 is 10.2 Å². The molecule has 4 nitrogen and oxygen atoms in total. The molecular formula is C24H44O4. The summed E-state index contributed by atoms with van der Waals surface area (Å²) in [6.45, 7) is 2.27.